The zero-order valence-electron chi connectivity index (χ0n) is 14.2. The van der Waals surface area contributed by atoms with Crippen LogP contribution in [0.2, 0.25) is 0 Å². The summed E-state index contributed by atoms with van der Waals surface area (Å²) in [7, 11) is 1.02. The van der Waals surface area contributed by atoms with Gasteiger partial charge in [0.25, 0.3) is 5.85 Å². The Morgan fingerprint density at radius 1 is 1.50 bits per heavy atom. The third kappa shape index (κ3) is 2.53. The Morgan fingerprint density at radius 2 is 2.15 bits per heavy atom. The summed E-state index contributed by atoms with van der Waals surface area (Å²) >= 11 is 0. The van der Waals surface area contributed by atoms with Crippen LogP contribution in [0.1, 0.15) is 41.6 Å². The Labute approximate surface area is 148 Å². The number of nitrogens with zero attached hydrogens (tertiary/aromatic N) is 2. The molecular weight excluding hydrogens is 349 g/mol. The van der Waals surface area contributed by atoms with E-state index in [9.17, 15) is 19.7 Å². The van der Waals surface area contributed by atoms with Crippen molar-refractivity contribution >= 4 is 17.4 Å². The molecule has 2 N–H and O–H groups in total. The number of nitro groups is 1. The molecule has 3 rings (SSSR count). The smallest absolute Gasteiger partial charge is 0.323 e. The van der Waals surface area contributed by atoms with Crippen molar-refractivity contribution in [2.24, 2.45) is 11.7 Å². The number of methoxy groups -OCH3 is 1. The van der Waals surface area contributed by atoms with Crippen molar-refractivity contribution in [2.75, 3.05) is 18.7 Å². The second-order valence-electron chi connectivity index (χ2n) is 6.19. The molecule has 1 aliphatic carbocycles. The maximum absolute atomic E-state index is 15.0. The molecule has 1 saturated carbocycles. The number of carbonyl (C=O) groups excluding carboxylic acids is 2. The number of nitrogens with two attached hydrogens (primary N) is 1. The number of fused-ring (bicyclic) bond motifs is 1. The van der Waals surface area contributed by atoms with Crippen LogP contribution in [0.25, 0.3) is 0 Å². The normalized spacial score (nSPS) is 25.0. The van der Waals surface area contributed by atoms with Gasteiger partial charge in [0.2, 0.25) is 0 Å². The lowest BCUT2D eigenvalue weighted by atomic mass is 9.85. The minimum atomic E-state index is -2.45. The van der Waals surface area contributed by atoms with E-state index in [4.69, 9.17) is 15.2 Å². The van der Waals surface area contributed by atoms with Crippen LogP contribution >= 0.6 is 0 Å². The van der Waals surface area contributed by atoms with Crippen molar-refractivity contribution in [2.45, 2.75) is 31.5 Å². The lowest BCUT2D eigenvalue weighted by Crippen LogP contribution is -2.70. The van der Waals surface area contributed by atoms with E-state index in [0.29, 0.717) is 10.6 Å². The second-order valence-corrected chi connectivity index (χ2v) is 6.19. The lowest BCUT2D eigenvalue weighted by molar-refractivity contribution is -0.522. The first-order valence-electron chi connectivity index (χ1n) is 8.09. The Morgan fingerprint density at radius 3 is 2.65 bits per heavy atom. The highest BCUT2D eigenvalue weighted by Crippen LogP contribution is 2.46. The first kappa shape index (κ1) is 18.2. The summed E-state index contributed by atoms with van der Waals surface area (Å²) in [6.07, 6.45) is 1.53. The van der Waals surface area contributed by atoms with Gasteiger partial charge >= 0.3 is 5.97 Å². The molecule has 1 fully saturated rings. The fraction of sp³-hybridized carbons (Fsp3) is 0.500. The molecule has 2 atom stereocenters. The Bertz CT molecular complexity index is 796. The molecule has 0 bridgehead atoms. The Hall–Kier alpha value is -2.59. The van der Waals surface area contributed by atoms with Crippen LogP contribution in [-0.2, 0) is 14.3 Å². The summed E-state index contributed by atoms with van der Waals surface area (Å²) in [5, 5.41) is 11.0. The minimum Gasteiger partial charge on any atom is -0.465 e. The highest BCUT2D eigenvalue weighted by molar-refractivity contribution is 6.14. The number of hydrazine groups is 1. The van der Waals surface area contributed by atoms with E-state index >= 15 is 4.39 Å². The number of esters is 1. The number of ether oxygens (including phenoxy) is 2. The predicted octanol–water partition coefficient (Wildman–Crippen LogP) is 1.34. The van der Waals surface area contributed by atoms with Crippen molar-refractivity contribution in [1.82, 2.24) is 0 Å². The summed E-state index contributed by atoms with van der Waals surface area (Å²) in [4.78, 5) is 36.9. The molecule has 0 aromatic heterocycles. The molecule has 26 heavy (non-hydrogen) atoms. The van der Waals surface area contributed by atoms with Gasteiger partial charge < -0.3 is 9.47 Å². The van der Waals surface area contributed by atoms with E-state index in [0.717, 1.165) is 20.0 Å². The van der Waals surface area contributed by atoms with Crippen LogP contribution in [0.15, 0.2) is 12.1 Å². The highest BCUT2D eigenvalue weighted by Gasteiger charge is 2.61. The summed E-state index contributed by atoms with van der Waals surface area (Å²) in [6.45, 7) is 1.42. The van der Waals surface area contributed by atoms with Crippen LogP contribution in [0, 0.1) is 21.8 Å². The van der Waals surface area contributed by atoms with E-state index < -0.39 is 39.9 Å². The molecule has 1 aliphatic heterocycles. The largest absolute Gasteiger partial charge is 0.465 e. The van der Waals surface area contributed by atoms with Crippen molar-refractivity contribution in [3.8, 4) is 0 Å². The number of hydrogen-bond donors (Lipinski definition) is 1. The monoisotopic (exact) mass is 367 g/mol. The molecule has 10 heteroatoms. The molecule has 140 valence electrons. The van der Waals surface area contributed by atoms with Gasteiger partial charge in [0, 0.05) is 7.11 Å². The SMILES string of the molecule is CCOC(=O)[C@@H]1C(=O)c2c(ccc(C3CC3)c2F)N([N+](=O)[O-])[C@]1(N)OC. The molecule has 0 unspecified atom stereocenters. The average molecular weight is 367 g/mol. The van der Waals surface area contributed by atoms with Gasteiger partial charge in [-0.15, -0.1) is 0 Å². The fourth-order valence-corrected chi connectivity index (χ4v) is 3.27. The molecule has 0 amide bonds. The number of hydrogen-bond acceptors (Lipinski definition) is 7. The predicted molar refractivity (Wildman–Crippen MR) is 86.2 cm³/mol. The van der Waals surface area contributed by atoms with Crippen molar-refractivity contribution in [1.29, 1.82) is 0 Å². The average Bonchev–Trinajstić information content (AvgIpc) is 3.39. The van der Waals surface area contributed by atoms with Crippen LogP contribution < -0.4 is 10.7 Å². The third-order valence-corrected chi connectivity index (χ3v) is 4.66. The molecule has 0 spiro atoms. The van der Waals surface area contributed by atoms with Crippen molar-refractivity contribution in [3.05, 3.63) is 39.2 Å². The number of halogens is 1. The molecular formula is C16H18FN3O6. The summed E-state index contributed by atoms with van der Waals surface area (Å²) in [5.74, 6) is -7.38. The maximum Gasteiger partial charge on any atom is 0.323 e. The van der Waals surface area contributed by atoms with Gasteiger partial charge in [-0.3, -0.25) is 15.3 Å². The zero-order chi connectivity index (χ0) is 19.2. The molecule has 9 nitrogen and oxygen atoms in total. The van der Waals surface area contributed by atoms with E-state index in [1.807, 2.05) is 0 Å². The number of carbonyl (C=O) groups is 2. The van der Waals surface area contributed by atoms with E-state index in [1.54, 1.807) is 0 Å². The van der Waals surface area contributed by atoms with Gasteiger partial charge in [0.15, 0.2) is 16.7 Å². The quantitative estimate of drug-likeness (QED) is 0.272. The van der Waals surface area contributed by atoms with Gasteiger partial charge in [-0.1, -0.05) is 6.07 Å². The van der Waals surface area contributed by atoms with E-state index in [-0.39, 0.29) is 18.2 Å². The van der Waals surface area contributed by atoms with E-state index in [2.05, 4.69) is 0 Å². The first-order valence-corrected chi connectivity index (χ1v) is 8.09. The first-order chi connectivity index (χ1) is 12.3. The molecule has 1 aromatic carbocycles. The minimum absolute atomic E-state index is 0.0369. The summed E-state index contributed by atoms with van der Waals surface area (Å²) in [5.41, 5.74) is 5.36. The molecule has 2 aliphatic rings. The van der Waals surface area contributed by atoms with Crippen molar-refractivity contribution in [3.63, 3.8) is 0 Å². The van der Waals surface area contributed by atoms with Crippen LogP contribution in [0.3, 0.4) is 0 Å². The highest BCUT2D eigenvalue weighted by atomic mass is 19.1. The number of ketones is 1. The standard InChI is InChI=1S/C16H18FN3O6/c1-3-26-15(22)12-14(21)11-10(19(20(23)24)16(12,18)25-2)7-6-9(13(11)17)8-4-5-8/h6-8,12H,3-5,18H2,1-2H3/t12-,16-/m0/s1. The Balaban J connectivity index is 2.25. The Kier molecular flexibility index (Phi) is 4.41. The molecule has 0 saturated heterocycles. The van der Waals surface area contributed by atoms with Gasteiger partial charge in [0.05, 0.1) is 12.2 Å². The van der Waals surface area contributed by atoms with Gasteiger partial charge in [0.1, 0.15) is 11.5 Å². The fourth-order valence-electron chi connectivity index (χ4n) is 3.27. The summed E-state index contributed by atoms with van der Waals surface area (Å²) in [6, 6.07) is 2.66. The summed E-state index contributed by atoms with van der Waals surface area (Å²) < 4.78 is 24.8. The molecule has 0 radical (unpaired) electrons. The molecule has 1 heterocycles. The topological polar surface area (TPSA) is 125 Å². The lowest BCUT2D eigenvalue weighted by Gasteiger charge is -2.40. The number of anilines is 1. The van der Waals surface area contributed by atoms with Gasteiger partial charge in [-0.05, 0) is 42.3 Å². The molecule has 1 aromatic rings. The van der Waals surface area contributed by atoms with Gasteiger partial charge in [-0.25, -0.2) is 14.5 Å². The van der Waals surface area contributed by atoms with Crippen LogP contribution in [0.5, 0.6) is 0 Å². The number of rotatable bonds is 5. The van der Waals surface area contributed by atoms with Crippen molar-refractivity contribution < 1.29 is 28.5 Å². The zero-order valence-corrected chi connectivity index (χ0v) is 14.2. The van der Waals surface area contributed by atoms with Crippen LogP contribution in [-0.4, -0.2) is 36.4 Å². The number of Topliss-reactive ketones (excluding diaryl/α,β-unsaturated/α-hetero) is 1. The number of benzene rings is 1. The third-order valence-electron chi connectivity index (χ3n) is 4.66. The van der Waals surface area contributed by atoms with Gasteiger partial charge in [-0.2, -0.15) is 0 Å². The van der Waals surface area contributed by atoms with E-state index in [1.165, 1.54) is 19.1 Å². The van der Waals surface area contributed by atoms with Crippen LogP contribution in [0.4, 0.5) is 10.1 Å². The second kappa shape index (κ2) is 6.29. The maximum atomic E-state index is 15.0.